The molecule has 8 heteroatoms. The van der Waals surface area contributed by atoms with E-state index in [0.717, 1.165) is 23.3 Å². The van der Waals surface area contributed by atoms with Crippen LogP contribution in [0.1, 0.15) is 18.4 Å². The molecule has 3 aliphatic heterocycles. The molecule has 0 radical (unpaired) electrons. The van der Waals surface area contributed by atoms with Crippen LogP contribution in [-0.4, -0.2) is 38.8 Å². The van der Waals surface area contributed by atoms with E-state index < -0.39 is 0 Å². The fraction of sp³-hybridized carbons (Fsp3) is 0.412. The Bertz CT molecular complexity index is 854. The van der Waals surface area contributed by atoms with Crippen molar-refractivity contribution in [2.24, 2.45) is 11.8 Å². The van der Waals surface area contributed by atoms with Crippen LogP contribution in [0.5, 0.6) is 0 Å². The van der Waals surface area contributed by atoms with Gasteiger partial charge in [0.25, 0.3) is 5.95 Å². The smallest absolute Gasteiger partial charge is 0.258 e. The predicted octanol–water partition coefficient (Wildman–Crippen LogP) is 1.65. The van der Waals surface area contributed by atoms with Crippen molar-refractivity contribution in [1.82, 2.24) is 14.8 Å². The number of benzene rings is 1. The molecular formula is C17H15ClN4O3. The van der Waals surface area contributed by atoms with E-state index in [9.17, 15) is 9.59 Å². The second-order valence-electron chi connectivity index (χ2n) is 6.73. The van der Waals surface area contributed by atoms with Crippen molar-refractivity contribution in [3.05, 3.63) is 41.2 Å². The molecule has 4 heterocycles. The number of rotatable bonds is 3. The van der Waals surface area contributed by atoms with E-state index >= 15 is 0 Å². The molecule has 2 bridgehead atoms. The summed E-state index contributed by atoms with van der Waals surface area (Å²) < 4.78 is 7.33. The topological polar surface area (TPSA) is 77.3 Å². The van der Waals surface area contributed by atoms with Crippen LogP contribution >= 0.6 is 11.6 Å². The van der Waals surface area contributed by atoms with Crippen molar-refractivity contribution >= 4 is 29.4 Å². The van der Waals surface area contributed by atoms with Crippen LogP contribution in [-0.2, 0) is 20.9 Å². The van der Waals surface area contributed by atoms with E-state index in [1.54, 1.807) is 10.7 Å². The van der Waals surface area contributed by atoms with Crippen LogP contribution in [0.25, 0.3) is 0 Å². The minimum Gasteiger partial charge on any atom is -0.373 e. The molecule has 2 aromatic rings. The van der Waals surface area contributed by atoms with Gasteiger partial charge in [0, 0.05) is 5.02 Å². The van der Waals surface area contributed by atoms with Gasteiger partial charge in [0.2, 0.25) is 11.8 Å². The molecule has 1 aromatic heterocycles. The van der Waals surface area contributed by atoms with Gasteiger partial charge in [-0.05, 0) is 30.5 Å². The molecular weight excluding hydrogens is 344 g/mol. The third-order valence-corrected chi connectivity index (χ3v) is 5.48. The van der Waals surface area contributed by atoms with Gasteiger partial charge in [-0.15, -0.1) is 5.10 Å². The molecule has 0 unspecified atom stereocenters. The highest BCUT2D eigenvalue weighted by Gasteiger charge is 2.63. The summed E-state index contributed by atoms with van der Waals surface area (Å²) in [7, 11) is 0. The Labute approximate surface area is 148 Å². The van der Waals surface area contributed by atoms with Gasteiger partial charge in [-0.1, -0.05) is 23.7 Å². The van der Waals surface area contributed by atoms with Gasteiger partial charge in [-0.2, -0.15) is 4.98 Å². The number of hydrogen-bond acceptors (Lipinski definition) is 5. The summed E-state index contributed by atoms with van der Waals surface area (Å²) in [5.74, 6) is -1.06. The standard InChI is InChI=1S/C17H15ClN4O3/c18-10-3-1-2-9(6-10)7-21-8-19-17(20-21)22-15(23)13-11-4-5-12(25-11)14(13)16(22)24/h1-3,6,8,11-14H,4-5,7H2/t11-,12-,13+,14+/m1/s1. The fourth-order valence-corrected chi connectivity index (χ4v) is 4.41. The maximum absolute atomic E-state index is 12.7. The molecule has 2 amide bonds. The van der Waals surface area contributed by atoms with Crippen molar-refractivity contribution < 1.29 is 14.3 Å². The van der Waals surface area contributed by atoms with E-state index in [1.807, 2.05) is 18.2 Å². The third-order valence-electron chi connectivity index (χ3n) is 5.24. The maximum atomic E-state index is 12.7. The van der Waals surface area contributed by atoms with Gasteiger partial charge in [-0.25, -0.2) is 9.58 Å². The first kappa shape index (κ1) is 15.0. The first-order chi connectivity index (χ1) is 12.1. The molecule has 3 saturated heterocycles. The summed E-state index contributed by atoms with van der Waals surface area (Å²) in [5, 5.41) is 4.97. The molecule has 0 spiro atoms. The van der Waals surface area contributed by atoms with Crippen LogP contribution in [0.3, 0.4) is 0 Å². The van der Waals surface area contributed by atoms with Crippen LogP contribution in [0, 0.1) is 11.8 Å². The lowest BCUT2D eigenvalue weighted by Crippen LogP contribution is -2.35. The Morgan fingerprint density at radius 2 is 1.88 bits per heavy atom. The Morgan fingerprint density at radius 3 is 2.56 bits per heavy atom. The number of imide groups is 1. The minimum atomic E-state index is -0.369. The van der Waals surface area contributed by atoms with Crippen LogP contribution < -0.4 is 4.90 Å². The fourth-order valence-electron chi connectivity index (χ4n) is 4.19. The molecule has 7 nitrogen and oxygen atoms in total. The summed E-state index contributed by atoms with van der Waals surface area (Å²) in [5.41, 5.74) is 0.964. The van der Waals surface area contributed by atoms with Gasteiger partial charge >= 0.3 is 0 Å². The number of ether oxygens (including phenoxy) is 1. The molecule has 5 rings (SSSR count). The number of halogens is 1. The number of aromatic nitrogens is 3. The summed E-state index contributed by atoms with van der Waals surface area (Å²) in [6.45, 7) is 0.463. The van der Waals surface area contributed by atoms with Crippen molar-refractivity contribution in [1.29, 1.82) is 0 Å². The number of carbonyl (C=O) groups excluding carboxylic acids is 2. The van der Waals surface area contributed by atoms with E-state index in [-0.39, 0.29) is 41.8 Å². The van der Waals surface area contributed by atoms with E-state index in [0.29, 0.717) is 11.6 Å². The number of fused-ring (bicyclic) bond motifs is 5. The first-order valence-corrected chi connectivity index (χ1v) is 8.67. The van der Waals surface area contributed by atoms with E-state index in [1.165, 1.54) is 6.33 Å². The minimum absolute atomic E-state index is 0.134. The monoisotopic (exact) mass is 358 g/mol. The zero-order valence-electron chi connectivity index (χ0n) is 13.2. The molecule has 4 atom stereocenters. The Kier molecular flexibility index (Phi) is 3.23. The number of nitrogens with zero attached hydrogens (tertiary/aromatic N) is 4. The normalized spacial score (nSPS) is 30.4. The number of hydrogen-bond donors (Lipinski definition) is 0. The lowest BCUT2D eigenvalue weighted by Gasteiger charge is -2.14. The highest BCUT2D eigenvalue weighted by Crippen LogP contribution is 2.48. The van der Waals surface area contributed by atoms with Gasteiger partial charge in [-0.3, -0.25) is 9.59 Å². The van der Waals surface area contributed by atoms with Crippen molar-refractivity contribution in [3.8, 4) is 0 Å². The average molecular weight is 359 g/mol. The van der Waals surface area contributed by atoms with Crippen LogP contribution in [0.15, 0.2) is 30.6 Å². The van der Waals surface area contributed by atoms with Gasteiger partial charge in [0.1, 0.15) is 6.33 Å². The second kappa shape index (κ2) is 5.37. The largest absolute Gasteiger partial charge is 0.373 e. The number of carbonyl (C=O) groups is 2. The molecule has 3 aliphatic rings. The molecule has 0 saturated carbocycles. The van der Waals surface area contributed by atoms with Crippen molar-refractivity contribution in [2.75, 3.05) is 4.90 Å². The summed E-state index contributed by atoms with van der Waals surface area (Å²) >= 11 is 5.99. The van der Waals surface area contributed by atoms with Crippen LogP contribution in [0.2, 0.25) is 5.02 Å². The first-order valence-electron chi connectivity index (χ1n) is 8.29. The maximum Gasteiger partial charge on any atom is 0.258 e. The lowest BCUT2D eigenvalue weighted by atomic mass is 9.81. The SMILES string of the molecule is O=C1[C@@H]2[C@@H](C(=O)N1c1ncn(Cc3cccc(Cl)c3)n1)[C@H]1CC[C@H]2O1. The highest BCUT2D eigenvalue weighted by molar-refractivity contribution is 6.30. The highest BCUT2D eigenvalue weighted by atomic mass is 35.5. The Hall–Kier alpha value is -2.25. The van der Waals surface area contributed by atoms with Gasteiger partial charge in [0.05, 0.1) is 30.6 Å². The third kappa shape index (κ3) is 2.22. The van der Waals surface area contributed by atoms with Gasteiger partial charge < -0.3 is 4.74 Å². The zero-order chi connectivity index (χ0) is 17.1. The predicted molar refractivity (Wildman–Crippen MR) is 87.9 cm³/mol. The van der Waals surface area contributed by atoms with E-state index in [2.05, 4.69) is 10.1 Å². The van der Waals surface area contributed by atoms with Crippen molar-refractivity contribution in [3.63, 3.8) is 0 Å². The Morgan fingerprint density at radius 1 is 1.16 bits per heavy atom. The number of anilines is 1. The zero-order valence-corrected chi connectivity index (χ0v) is 14.0. The van der Waals surface area contributed by atoms with Crippen LogP contribution in [0.4, 0.5) is 5.95 Å². The molecule has 0 N–H and O–H groups in total. The van der Waals surface area contributed by atoms with E-state index in [4.69, 9.17) is 16.3 Å². The Balaban J connectivity index is 1.40. The molecule has 25 heavy (non-hydrogen) atoms. The van der Waals surface area contributed by atoms with Gasteiger partial charge in [0.15, 0.2) is 0 Å². The summed E-state index contributed by atoms with van der Waals surface area (Å²) in [6.07, 6.45) is 2.94. The van der Waals surface area contributed by atoms with Crippen molar-refractivity contribution in [2.45, 2.75) is 31.6 Å². The quantitative estimate of drug-likeness (QED) is 0.780. The molecule has 0 aliphatic carbocycles. The molecule has 128 valence electrons. The average Bonchev–Trinajstić information content (AvgIpc) is 3.33. The second-order valence-corrected chi connectivity index (χ2v) is 7.16. The summed E-state index contributed by atoms with van der Waals surface area (Å²) in [6, 6.07) is 7.43. The lowest BCUT2D eigenvalue weighted by molar-refractivity contribution is -0.124. The summed E-state index contributed by atoms with van der Waals surface area (Å²) in [4.78, 5) is 30.8. The molecule has 1 aromatic carbocycles. The molecule has 3 fully saturated rings. The number of amides is 2.